The number of benzene rings is 2. The highest BCUT2D eigenvalue weighted by Gasteiger charge is 2.04. The lowest BCUT2D eigenvalue weighted by atomic mass is 10.2. The zero-order chi connectivity index (χ0) is 13.7. The standard InChI is InChI=1S/C15H18N2O2/c1-11(17-14-5-3-4-6-15(14)18)16-12-7-9-13(19-2)10-8-12/h3-11,16-18H,1-2H3. The summed E-state index contributed by atoms with van der Waals surface area (Å²) in [4.78, 5) is 0. The van der Waals surface area contributed by atoms with Crippen LogP contribution >= 0.6 is 0 Å². The van der Waals surface area contributed by atoms with Gasteiger partial charge in [0.1, 0.15) is 11.5 Å². The van der Waals surface area contributed by atoms with Gasteiger partial charge in [-0.2, -0.15) is 0 Å². The van der Waals surface area contributed by atoms with Gasteiger partial charge >= 0.3 is 0 Å². The number of para-hydroxylation sites is 2. The zero-order valence-corrected chi connectivity index (χ0v) is 11.1. The third kappa shape index (κ3) is 3.55. The molecule has 100 valence electrons. The van der Waals surface area contributed by atoms with E-state index >= 15 is 0 Å². The summed E-state index contributed by atoms with van der Waals surface area (Å²) < 4.78 is 5.11. The number of ether oxygens (including phenoxy) is 1. The minimum Gasteiger partial charge on any atom is -0.506 e. The van der Waals surface area contributed by atoms with Gasteiger partial charge in [0.2, 0.25) is 0 Å². The van der Waals surface area contributed by atoms with Gasteiger partial charge in [0, 0.05) is 5.69 Å². The van der Waals surface area contributed by atoms with Crippen LogP contribution in [0.25, 0.3) is 0 Å². The predicted molar refractivity (Wildman–Crippen MR) is 77.8 cm³/mol. The second-order valence-corrected chi connectivity index (χ2v) is 4.26. The Kier molecular flexibility index (Phi) is 4.13. The van der Waals surface area contributed by atoms with Crippen molar-refractivity contribution in [1.29, 1.82) is 0 Å². The molecule has 2 rings (SSSR count). The first-order chi connectivity index (χ1) is 9.19. The average Bonchev–Trinajstić information content (AvgIpc) is 2.42. The van der Waals surface area contributed by atoms with Crippen molar-refractivity contribution in [2.75, 3.05) is 17.7 Å². The minimum atomic E-state index is -0.0123. The SMILES string of the molecule is COc1ccc(NC(C)Nc2ccccc2O)cc1. The first-order valence-corrected chi connectivity index (χ1v) is 6.14. The third-order valence-electron chi connectivity index (χ3n) is 2.75. The Bertz CT molecular complexity index is 526. The second-order valence-electron chi connectivity index (χ2n) is 4.26. The van der Waals surface area contributed by atoms with Gasteiger partial charge in [-0.1, -0.05) is 12.1 Å². The van der Waals surface area contributed by atoms with Gasteiger partial charge in [-0.25, -0.2) is 0 Å². The van der Waals surface area contributed by atoms with Crippen molar-refractivity contribution in [3.05, 3.63) is 48.5 Å². The molecule has 0 aromatic heterocycles. The Morgan fingerprint density at radius 2 is 1.68 bits per heavy atom. The maximum absolute atomic E-state index is 9.69. The topological polar surface area (TPSA) is 53.5 Å². The van der Waals surface area contributed by atoms with Gasteiger partial charge in [0.05, 0.1) is 19.0 Å². The van der Waals surface area contributed by atoms with Gasteiger partial charge in [-0.3, -0.25) is 0 Å². The fourth-order valence-electron chi connectivity index (χ4n) is 1.80. The van der Waals surface area contributed by atoms with Crippen LogP contribution in [0.15, 0.2) is 48.5 Å². The number of anilines is 2. The number of phenols is 1. The maximum Gasteiger partial charge on any atom is 0.138 e. The van der Waals surface area contributed by atoms with E-state index in [1.807, 2.05) is 43.3 Å². The molecule has 0 fully saturated rings. The summed E-state index contributed by atoms with van der Waals surface area (Å²) in [5.41, 5.74) is 1.69. The maximum atomic E-state index is 9.69. The highest BCUT2D eigenvalue weighted by atomic mass is 16.5. The molecule has 2 aromatic carbocycles. The summed E-state index contributed by atoms with van der Waals surface area (Å²) in [6.45, 7) is 1.98. The Labute approximate surface area is 113 Å². The molecule has 0 spiro atoms. The normalized spacial score (nSPS) is 11.7. The van der Waals surface area contributed by atoms with Crippen molar-refractivity contribution in [2.45, 2.75) is 13.1 Å². The number of nitrogens with one attached hydrogen (secondary N) is 2. The zero-order valence-electron chi connectivity index (χ0n) is 11.1. The number of aromatic hydroxyl groups is 1. The summed E-state index contributed by atoms with van der Waals surface area (Å²) in [6, 6.07) is 14.8. The first-order valence-electron chi connectivity index (χ1n) is 6.14. The Morgan fingerprint density at radius 1 is 1.00 bits per heavy atom. The Balaban J connectivity index is 1.97. The van der Waals surface area contributed by atoms with Crippen molar-refractivity contribution in [3.63, 3.8) is 0 Å². The molecule has 1 unspecified atom stereocenters. The lowest BCUT2D eigenvalue weighted by Gasteiger charge is -2.19. The molecule has 0 bridgehead atoms. The molecule has 1 atom stereocenters. The van der Waals surface area contributed by atoms with Crippen molar-refractivity contribution >= 4 is 11.4 Å². The van der Waals surface area contributed by atoms with E-state index in [1.165, 1.54) is 0 Å². The minimum absolute atomic E-state index is 0.0123. The molecular weight excluding hydrogens is 240 g/mol. The molecular formula is C15H18N2O2. The van der Waals surface area contributed by atoms with E-state index in [2.05, 4.69) is 10.6 Å². The molecule has 0 aliphatic carbocycles. The number of rotatable bonds is 5. The van der Waals surface area contributed by atoms with E-state index in [0.717, 1.165) is 11.4 Å². The number of hydrogen-bond acceptors (Lipinski definition) is 4. The van der Waals surface area contributed by atoms with E-state index in [0.29, 0.717) is 5.69 Å². The molecule has 0 aliphatic rings. The van der Waals surface area contributed by atoms with Crippen LogP contribution in [-0.4, -0.2) is 18.4 Å². The Hall–Kier alpha value is -2.36. The number of methoxy groups -OCH3 is 1. The predicted octanol–water partition coefficient (Wildman–Crippen LogP) is 3.27. The summed E-state index contributed by atoms with van der Waals surface area (Å²) >= 11 is 0. The monoisotopic (exact) mass is 258 g/mol. The largest absolute Gasteiger partial charge is 0.506 e. The number of hydrogen-bond donors (Lipinski definition) is 3. The second kappa shape index (κ2) is 6.00. The van der Waals surface area contributed by atoms with Crippen molar-refractivity contribution in [2.24, 2.45) is 0 Å². The van der Waals surface area contributed by atoms with Crippen LogP contribution in [0.3, 0.4) is 0 Å². The van der Waals surface area contributed by atoms with E-state index in [1.54, 1.807) is 19.2 Å². The molecule has 0 saturated heterocycles. The molecule has 19 heavy (non-hydrogen) atoms. The van der Waals surface area contributed by atoms with Crippen molar-refractivity contribution < 1.29 is 9.84 Å². The van der Waals surface area contributed by atoms with Gasteiger partial charge < -0.3 is 20.5 Å². The van der Waals surface area contributed by atoms with Gasteiger partial charge in [-0.15, -0.1) is 0 Å². The fourth-order valence-corrected chi connectivity index (χ4v) is 1.80. The lowest BCUT2D eigenvalue weighted by molar-refractivity contribution is 0.415. The summed E-state index contributed by atoms with van der Waals surface area (Å²) in [5, 5.41) is 16.2. The van der Waals surface area contributed by atoms with E-state index in [-0.39, 0.29) is 11.9 Å². The summed E-state index contributed by atoms with van der Waals surface area (Å²) in [6.07, 6.45) is -0.0123. The number of phenolic OH excluding ortho intramolecular Hbond substituents is 1. The van der Waals surface area contributed by atoms with Gasteiger partial charge in [-0.05, 0) is 43.3 Å². The van der Waals surface area contributed by atoms with Crippen LogP contribution in [0.1, 0.15) is 6.92 Å². The van der Waals surface area contributed by atoms with Crippen molar-refractivity contribution in [1.82, 2.24) is 0 Å². The lowest BCUT2D eigenvalue weighted by Crippen LogP contribution is -2.24. The van der Waals surface area contributed by atoms with Crippen LogP contribution in [0, 0.1) is 0 Å². The van der Waals surface area contributed by atoms with E-state index in [9.17, 15) is 5.11 Å². The molecule has 2 aromatic rings. The molecule has 0 aliphatic heterocycles. The van der Waals surface area contributed by atoms with Gasteiger partial charge in [0.15, 0.2) is 0 Å². The third-order valence-corrected chi connectivity index (χ3v) is 2.75. The Morgan fingerprint density at radius 3 is 2.32 bits per heavy atom. The quantitative estimate of drug-likeness (QED) is 0.569. The molecule has 0 amide bonds. The highest BCUT2D eigenvalue weighted by molar-refractivity contribution is 5.57. The van der Waals surface area contributed by atoms with Crippen LogP contribution in [-0.2, 0) is 0 Å². The average molecular weight is 258 g/mol. The van der Waals surface area contributed by atoms with Gasteiger partial charge in [0.25, 0.3) is 0 Å². The molecule has 4 nitrogen and oxygen atoms in total. The summed E-state index contributed by atoms with van der Waals surface area (Å²) in [5.74, 6) is 1.07. The molecule has 4 heteroatoms. The smallest absolute Gasteiger partial charge is 0.138 e. The van der Waals surface area contributed by atoms with Crippen LogP contribution < -0.4 is 15.4 Å². The van der Waals surface area contributed by atoms with E-state index < -0.39 is 0 Å². The van der Waals surface area contributed by atoms with Crippen LogP contribution in [0.2, 0.25) is 0 Å². The molecule has 0 heterocycles. The summed E-state index contributed by atoms with van der Waals surface area (Å²) in [7, 11) is 1.64. The molecule has 0 saturated carbocycles. The molecule has 0 radical (unpaired) electrons. The van der Waals surface area contributed by atoms with Crippen LogP contribution in [0.5, 0.6) is 11.5 Å². The first kappa shape index (κ1) is 13.1. The van der Waals surface area contributed by atoms with E-state index in [4.69, 9.17) is 4.74 Å². The fraction of sp³-hybridized carbons (Fsp3) is 0.200. The highest BCUT2D eigenvalue weighted by Crippen LogP contribution is 2.23. The van der Waals surface area contributed by atoms with Crippen LogP contribution in [0.4, 0.5) is 11.4 Å². The molecule has 3 N–H and O–H groups in total. The van der Waals surface area contributed by atoms with Crippen molar-refractivity contribution in [3.8, 4) is 11.5 Å².